The summed E-state index contributed by atoms with van der Waals surface area (Å²) in [6.07, 6.45) is 3.34. The van der Waals surface area contributed by atoms with Crippen LogP contribution >= 0.6 is 22.9 Å². The van der Waals surface area contributed by atoms with Gasteiger partial charge in [0.1, 0.15) is 5.01 Å². The van der Waals surface area contributed by atoms with Crippen LogP contribution in [0.1, 0.15) is 35.3 Å². The lowest BCUT2D eigenvalue weighted by Gasteiger charge is -2.27. The van der Waals surface area contributed by atoms with Crippen LogP contribution in [0.2, 0.25) is 5.02 Å². The molecule has 0 unspecified atom stereocenters. The molecule has 2 amide bonds. The molecule has 0 saturated carbocycles. The Morgan fingerprint density at radius 1 is 1.03 bits per heavy atom. The monoisotopic (exact) mass is 439 g/mol. The summed E-state index contributed by atoms with van der Waals surface area (Å²) >= 11 is 7.70. The van der Waals surface area contributed by atoms with Crippen LogP contribution in [0, 0.1) is 0 Å². The second kappa shape index (κ2) is 9.41. The maximum Gasteiger partial charge on any atom is 0.255 e. The molecule has 1 N–H and O–H groups in total. The minimum Gasteiger partial charge on any atom is -0.339 e. The zero-order valence-electron chi connectivity index (χ0n) is 16.4. The molecule has 0 bridgehead atoms. The fourth-order valence-electron chi connectivity index (χ4n) is 3.55. The van der Waals surface area contributed by atoms with Crippen molar-refractivity contribution in [2.45, 2.75) is 25.7 Å². The number of rotatable bonds is 5. The zero-order valence-corrected chi connectivity index (χ0v) is 18.0. The van der Waals surface area contributed by atoms with Crippen molar-refractivity contribution in [2.75, 3.05) is 18.4 Å². The smallest absolute Gasteiger partial charge is 0.255 e. The van der Waals surface area contributed by atoms with Crippen LogP contribution < -0.4 is 5.32 Å². The van der Waals surface area contributed by atoms with Crippen LogP contribution in [0.4, 0.5) is 5.69 Å². The maximum absolute atomic E-state index is 12.9. The van der Waals surface area contributed by atoms with E-state index in [1.54, 1.807) is 12.1 Å². The predicted molar refractivity (Wildman–Crippen MR) is 121 cm³/mol. The molecule has 154 valence electrons. The Bertz CT molecular complexity index is 1060. The van der Waals surface area contributed by atoms with Crippen molar-refractivity contribution in [3.63, 3.8) is 0 Å². The van der Waals surface area contributed by atoms with E-state index in [1.165, 1.54) is 11.3 Å². The maximum atomic E-state index is 12.9. The predicted octanol–water partition coefficient (Wildman–Crippen LogP) is 5.27. The quantitative estimate of drug-likeness (QED) is 0.589. The highest BCUT2D eigenvalue weighted by Gasteiger charge is 2.21. The lowest BCUT2D eigenvalue weighted by Crippen LogP contribution is -2.36. The van der Waals surface area contributed by atoms with Crippen LogP contribution in [0.5, 0.6) is 0 Å². The minimum atomic E-state index is -0.204. The van der Waals surface area contributed by atoms with Gasteiger partial charge in [0.15, 0.2) is 0 Å². The number of benzene rings is 2. The Morgan fingerprint density at radius 2 is 1.77 bits per heavy atom. The highest BCUT2D eigenvalue weighted by Crippen LogP contribution is 2.30. The van der Waals surface area contributed by atoms with Crippen molar-refractivity contribution in [3.8, 4) is 10.6 Å². The summed E-state index contributed by atoms with van der Waals surface area (Å²) in [6, 6.07) is 14.7. The van der Waals surface area contributed by atoms with Crippen LogP contribution in [0.3, 0.4) is 0 Å². The molecule has 1 saturated heterocycles. The van der Waals surface area contributed by atoms with Crippen LogP contribution in [0.15, 0.2) is 53.9 Å². The van der Waals surface area contributed by atoms with Crippen LogP contribution in [-0.4, -0.2) is 34.8 Å². The molecule has 0 spiro atoms. The lowest BCUT2D eigenvalue weighted by molar-refractivity contribution is -0.115. The zero-order chi connectivity index (χ0) is 20.9. The highest BCUT2D eigenvalue weighted by molar-refractivity contribution is 7.13. The SMILES string of the molecule is O=C(Cc1csc(-c2ccccc2Cl)n1)Nc1ccccc1C(=O)N1CCCCC1. The molecule has 0 atom stereocenters. The summed E-state index contributed by atoms with van der Waals surface area (Å²) in [4.78, 5) is 32.0. The van der Waals surface area contributed by atoms with Crippen molar-refractivity contribution < 1.29 is 9.59 Å². The van der Waals surface area contributed by atoms with E-state index in [0.717, 1.165) is 42.9 Å². The number of piperidine rings is 1. The van der Waals surface area contributed by atoms with Gasteiger partial charge in [-0.3, -0.25) is 9.59 Å². The fraction of sp³-hybridized carbons (Fsp3) is 0.261. The summed E-state index contributed by atoms with van der Waals surface area (Å²) in [5, 5.41) is 6.17. The van der Waals surface area contributed by atoms with Crippen LogP contribution in [0.25, 0.3) is 10.6 Å². The van der Waals surface area contributed by atoms with E-state index in [-0.39, 0.29) is 18.2 Å². The average molecular weight is 440 g/mol. The number of carbonyl (C=O) groups excluding carboxylic acids is 2. The number of halogens is 1. The Hall–Kier alpha value is -2.70. The third-order valence-electron chi connectivity index (χ3n) is 5.07. The van der Waals surface area contributed by atoms with Gasteiger partial charge >= 0.3 is 0 Å². The summed E-state index contributed by atoms with van der Waals surface area (Å²) in [7, 11) is 0. The van der Waals surface area contributed by atoms with E-state index < -0.39 is 0 Å². The van der Waals surface area contributed by atoms with E-state index in [2.05, 4.69) is 10.3 Å². The normalized spacial score (nSPS) is 13.8. The third-order valence-corrected chi connectivity index (χ3v) is 6.33. The van der Waals surface area contributed by atoms with E-state index in [0.29, 0.717) is 22.0 Å². The molecule has 4 rings (SSSR count). The van der Waals surface area contributed by atoms with E-state index in [1.807, 2.05) is 46.7 Å². The first-order valence-electron chi connectivity index (χ1n) is 9.99. The number of hydrogen-bond acceptors (Lipinski definition) is 4. The number of carbonyl (C=O) groups is 2. The molecule has 2 heterocycles. The summed E-state index contributed by atoms with van der Waals surface area (Å²) < 4.78 is 0. The summed E-state index contributed by atoms with van der Waals surface area (Å²) in [6.45, 7) is 1.54. The van der Waals surface area contributed by atoms with Gasteiger partial charge in [-0.1, -0.05) is 41.9 Å². The number of nitrogens with one attached hydrogen (secondary N) is 1. The van der Waals surface area contributed by atoms with Crippen molar-refractivity contribution in [1.29, 1.82) is 0 Å². The fourth-order valence-corrected chi connectivity index (χ4v) is 4.69. The second-order valence-corrected chi connectivity index (χ2v) is 8.51. The Balaban J connectivity index is 1.45. The van der Waals surface area contributed by atoms with Gasteiger partial charge in [-0.25, -0.2) is 4.98 Å². The first-order valence-corrected chi connectivity index (χ1v) is 11.2. The standard InChI is InChI=1S/C23H22ClN3O2S/c24-19-10-4-2-8-17(19)22-25-16(15-30-22)14-21(28)26-20-11-5-3-9-18(20)23(29)27-12-6-1-7-13-27/h2-5,8-11,15H,1,6-7,12-14H2,(H,26,28). The molecule has 1 aliphatic heterocycles. The Labute approximate surface area is 184 Å². The molecule has 0 aliphatic carbocycles. The first kappa shape index (κ1) is 20.6. The topological polar surface area (TPSA) is 62.3 Å². The molecule has 1 fully saturated rings. The van der Waals surface area contributed by atoms with Crippen molar-refractivity contribution in [1.82, 2.24) is 9.88 Å². The third kappa shape index (κ3) is 4.71. The van der Waals surface area contributed by atoms with Gasteiger partial charge < -0.3 is 10.2 Å². The second-order valence-electron chi connectivity index (χ2n) is 7.25. The lowest BCUT2D eigenvalue weighted by atomic mass is 10.1. The van der Waals surface area contributed by atoms with Crippen molar-refractivity contribution in [2.24, 2.45) is 0 Å². The van der Waals surface area contributed by atoms with Gasteiger partial charge in [0.2, 0.25) is 5.91 Å². The molecular weight excluding hydrogens is 418 g/mol. The number of aromatic nitrogens is 1. The molecule has 2 aromatic carbocycles. The van der Waals surface area contributed by atoms with Gasteiger partial charge in [-0.15, -0.1) is 11.3 Å². The molecule has 1 aromatic heterocycles. The number of amides is 2. The van der Waals surface area contributed by atoms with Crippen LogP contribution in [-0.2, 0) is 11.2 Å². The molecule has 0 radical (unpaired) electrons. The summed E-state index contributed by atoms with van der Waals surface area (Å²) in [5.74, 6) is -0.231. The number of anilines is 1. The van der Waals surface area contributed by atoms with E-state index >= 15 is 0 Å². The number of hydrogen-bond donors (Lipinski definition) is 1. The van der Waals surface area contributed by atoms with Gasteiger partial charge in [-0.05, 0) is 37.5 Å². The minimum absolute atomic E-state index is 0.0275. The largest absolute Gasteiger partial charge is 0.339 e. The molecule has 5 nitrogen and oxygen atoms in total. The molecular formula is C23H22ClN3O2S. The molecule has 1 aliphatic rings. The van der Waals surface area contributed by atoms with E-state index in [4.69, 9.17) is 11.6 Å². The molecule has 30 heavy (non-hydrogen) atoms. The Kier molecular flexibility index (Phi) is 6.45. The van der Waals surface area contributed by atoms with Gasteiger partial charge in [0.05, 0.1) is 28.4 Å². The number of para-hydroxylation sites is 1. The Morgan fingerprint density at radius 3 is 2.57 bits per heavy atom. The van der Waals surface area contributed by atoms with Crippen molar-refractivity contribution >= 4 is 40.4 Å². The van der Waals surface area contributed by atoms with Gasteiger partial charge in [0.25, 0.3) is 5.91 Å². The number of likely N-dealkylation sites (tertiary alicyclic amines) is 1. The molecule has 3 aromatic rings. The highest BCUT2D eigenvalue weighted by atomic mass is 35.5. The first-order chi connectivity index (χ1) is 14.6. The van der Waals surface area contributed by atoms with E-state index in [9.17, 15) is 9.59 Å². The van der Waals surface area contributed by atoms with Gasteiger partial charge in [0, 0.05) is 24.0 Å². The summed E-state index contributed by atoms with van der Waals surface area (Å²) in [5.41, 5.74) is 2.60. The number of thiazole rings is 1. The van der Waals surface area contributed by atoms with Gasteiger partial charge in [-0.2, -0.15) is 0 Å². The van der Waals surface area contributed by atoms with Crippen molar-refractivity contribution in [3.05, 3.63) is 70.2 Å². The average Bonchev–Trinajstić information content (AvgIpc) is 3.22. The number of nitrogens with zero attached hydrogens (tertiary/aromatic N) is 2. The molecule has 7 heteroatoms.